The van der Waals surface area contributed by atoms with Gasteiger partial charge >= 0.3 is 6.09 Å². The summed E-state index contributed by atoms with van der Waals surface area (Å²) in [4.78, 5) is 33.6. The Morgan fingerprint density at radius 2 is 1.93 bits per heavy atom. The van der Waals surface area contributed by atoms with Gasteiger partial charge in [0.1, 0.15) is 12.6 Å². The van der Waals surface area contributed by atoms with Crippen molar-refractivity contribution < 1.29 is 14.3 Å². The lowest BCUT2D eigenvalue weighted by atomic mass is 10.2. The Labute approximate surface area is 183 Å². The zero-order valence-electron chi connectivity index (χ0n) is 16.1. The number of nitrogens with zero attached hydrogens (tertiary/aromatic N) is 3. The van der Waals surface area contributed by atoms with Crippen LogP contribution < -0.4 is 4.90 Å². The zero-order chi connectivity index (χ0) is 20.9. The Kier molecular flexibility index (Phi) is 6.30. The fraction of sp³-hybridized carbons (Fsp3) is 0.227. The molecule has 1 aliphatic rings. The molecule has 1 unspecified atom stereocenters. The summed E-state index contributed by atoms with van der Waals surface area (Å²) in [7, 11) is 0. The number of anilines is 2. The van der Waals surface area contributed by atoms with Gasteiger partial charge in [-0.15, -0.1) is 11.3 Å². The molecule has 1 saturated heterocycles. The predicted octanol–water partition coefficient (Wildman–Crippen LogP) is 5.26. The number of carbonyl (C=O) groups excluding carboxylic acids is 2. The molecule has 0 spiro atoms. The monoisotopic (exact) mass is 441 g/mol. The molecule has 4 rings (SSSR count). The normalized spacial score (nSPS) is 15.8. The van der Waals surface area contributed by atoms with Crippen molar-refractivity contribution in [2.75, 3.05) is 11.4 Å². The fourth-order valence-electron chi connectivity index (χ4n) is 3.47. The van der Waals surface area contributed by atoms with E-state index in [1.165, 1.54) is 21.1 Å². The average Bonchev–Trinajstić information content (AvgIpc) is 3.47. The first-order chi connectivity index (χ1) is 14.6. The number of ether oxygens (including phenoxy) is 1. The Morgan fingerprint density at radius 3 is 2.67 bits per heavy atom. The summed E-state index contributed by atoms with van der Waals surface area (Å²) in [6, 6.07) is 16.0. The molecule has 154 valence electrons. The van der Waals surface area contributed by atoms with Gasteiger partial charge in [-0.05, 0) is 30.5 Å². The number of hydrogen-bond donors (Lipinski definition) is 0. The second-order valence-corrected chi connectivity index (χ2v) is 8.11. The van der Waals surface area contributed by atoms with Crippen LogP contribution in [0.25, 0.3) is 0 Å². The van der Waals surface area contributed by atoms with E-state index in [0.717, 1.165) is 12.0 Å². The van der Waals surface area contributed by atoms with Gasteiger partial charge in [-0.1, -0.05) is 54.1 Å². The topological polar surface area (TPSA) is 62.7 Å². The molecule has 3 aromatic rings. The van der Waals surface area contributed by atoms with Crippen LogP contribution in [0, 0.1) is 0 Å². The first-order valence-electron chi connectivity index (χ1n) is 9.60. The largest absolute Gasteiger partial charge is 0.445 e. The summed E-state index contributed by atoms with van der Waals surface area (Å²) in [5.41, 5.74) is 1.44. The summed E-state index contributed by atoms with van der Waals surface area (Å²) >= 11 is 7.72. The molecule has 1 aliphatic heterocycles. The maximum atomic E-state index is 13.6. The Hall–Kier alpha value is -2.90. The third-order valence-corrected chi connectivity index (χ3v) is 5.98. The average molecular weight is 442 g/mol. The van der Waals surface area contributed by atoms with Crippen molar-refractivity contribution in [3.63, 3.8) is 0 Å². The van der Waals surface area contributed by atoms with Crippen molar-refractivity contribution in [3.8, 4) is 0 Å². The molecule has 2 amide bonds. The lowest BCUT2D eigenvalue weighted by Crippen LogP contribution is -2.46. The van der Waals surface area contributed by atoms with E-state index in [0.29, 0.717) is 28.8 Å². The van der Waals surface area contributed by atoms with E-state index in [9.17, 15) is 9.59 Å². The first kappa shape index (κ1) is 20.4. The summed E-state index contributed by atoms with van der Waals surface area (Å²) in [6.45, 7) is 0.635. The Balaban J connectivity index is 1.55. The van der Waals surface area contributed by atoms with Crippen LogP contribution in [0.3, 0.4) is 0 Å². The summed E-state index contributed by atoms with van der Waals surface area (Å²) in [5, 5.41) is 2.75. The molecule has 1 aromatic heterocycles. The van der Waals surface area contributed by atoms with Gasteiger partial charge < -0.3 is 4.74 Å². The quantitative estimate of drug-likeness (QED) is 0.541. The van der Waals surface area contributed by atoms with Gasteiger partial charge in [0.25, 0.3) is 5.91 Å². The van der Waals surface area contributed by atoms with Gasteiger partial charge in [0.05, 0.1) is 10.7 Å². The van der Waals surface area contributed by atoms with Crippen LogP contribution in [-0.2, 0) is 16.1 Å². The molecule has 6 nitrogen and oxygen atoms in total. The lowest BCUT2D eigenvalue weighted by molar-refractivity contribution is -0.121. The molecule has 1 atom stereocenters. The van der Waals surface area contributed by atoms with Crippen molar-refractivity contribution in [1.82, 2.24) is 9.88 Å². The summed E-state index contributed by atoms with van der Waals surface area (Å²) in [5.74, 6) is -0.243. The number of halogens is 1. The van der Waals surface area contributed by atoms with E-state index in [1.54, 1.807) is 29.8 Å². The number of carbonyl (C=O) groups is 2. The van der Waals surface area contributed by atoms with E-state index in [1.807, 2.05) is 36.4 Å². The van der Waals surface area contributed by atoms with Crippen molar-refractivity contribution in [2.45, 2.75) is 25.5 Å². The van der Waals surface area contributed by atoms with Crippen LogP contribution in [0.4, 0.5) is 15.6 Å². The SMILES string of the molecule is O=C(C1CCCN1C(=O)OCc1ccccc1)N(c1nccs1)c1ccccc1Cl. The second kappa shape index (κ2) is 9.28. The van der Waals surface area contributed by atoms with Gasteiger partial charge in [-0.25, -0.2) is 9.78 Å². The molecule has 2 aromatic carbocycles. The number of thiazole rings is 1. The van der Waals surface area contributed by atoms with Crippen LogP contribution in [0.2, 0.25) is 5.02 Å². The number of hydrogen-bond acceptors (Lipinski definition) is 5. The molecule has 8 heteroatoms. The number of rotatable bonds is 5. The second-order valence-electron chi connectivity index (χ2n) is 6.83. The highest BCUT2D eigenvalue weighted by Gasteiger charge is 2.39. The standard InChI is InChI=1S/C22H20ClN3O3S/c23-17-9-4-5-10-18(17)26(21-24-12-14-30-21)20(27)19-11-6-13-25(19)22(28)29-15-16-7-2-1-3-8-16/h1-5,7-10,12,14,19H,6,11,13,15H2. The minimum atomic E-state index is -0.631. The first-order valence-corrected chi connectivity index (χ1v) is 10.9. The van der Waals surface area contributed by atoms with Crippen LogP contribution >= 0.6 is 22.9 Å². The van der Waals surface area contributed by atoms with Crippen molar-refractivity contribution in [3.05, 3.63) is 76.8 Å². The molecule has 0 bridgehead atoms. The van der Waals surface area contributed by atoms with Crippen molar-refractivity contribution in [2.24, 2.45) is 0 Å². The smallest absolute Gasteiger partial charge is 0.410 e. The molecule has 0 N–H and O–H groups in total. The van der Waals surface area contributed by atoms with Crippen LogP contribution in [0.1, 0.15) is 18.4 Å². The van der Waals surface area contributed by atoms with Gasteiger partial charge in [0.15, 0.2) is 5.13 Å². The highest BCUT2D eigenvalue weighted by atomic mass is 35.5. The van der Waals surface area contributed by atoms with Gasteiger partial charge in [-0.3, -0.25) is 14.6 Å². The molecule has 2 heterocycles. The lowest BCUT2D eigenvalue weighted by Gasteiger charge is -2.29. The molecule has 30 heavy (non-hydrogen) atoms. The third kappa shape index (κ3) is 4.32. The zero-order valence-corrected chi connectivity index (χ0v) is 17.7. The minimum absolute atomic E-state index is 0.164. The number of para-hydroxylation sites is 1. The highest BCUT2D eigenvalue weighted by Crippen LogP contribution is 2.35. The van der Waals surface area contributed by atoms with Crippen molar-refractivity contribution in [1.29, 1.82) is 0 Å². The van der Waals surface area contributed by atoms with E-state index >= 15 is 0 Å². The maximum Gasteiger partial charge on any atom is 0.410 e. The summed E-state index contributed by atoms with van der Waals surface area (Å²) < 4.78 is 5.47. The van der Waals surface area contributed by atoms with Crippen molar-refractivity contribution >= 4 is 45.8 Å². The van der Waals surface area contributed by atoms with Gasteiger partial charge in [0.2, 0.25) is 0 Å². The van der Waals surface area contributed by atoms with Gasteiger partial charge in [-0.2, -0.15) is 0 Å². The highest BCUT2D eigenvalue weighted by molar-refractivity contribution is 7.13. The van der Waals surface area contributed by atoms with E-state index in [-0.39, 0.29) is 12.5 Å². The maximum absolute atomic E-state index is 13.6. The van der Waals surface area contributed by atoms with E-state index in [2.05, 4.69) is 4.98 Å². The fourth-order valence-corrected chi connectivity index (χ4v) is 4.35. The third-order valence-electron chi connectivity index (χ3n) is 4.90. The van der Waals surface area contributed by atoms with Crippen LogP contribution in [-0.4, -0.2) is 34.5 Å². The molecular formula is C22H20ClN3O3S. The molecule has 0 radical (unpaired) electrons. The predicted molar refractivity (Wildman–Crippen MR) is 117 cm³/mol. The number of amides is 2. The number of likely N-dealkylation sites (tertiary alicyclic amines) is 1. The van der Waals surface area contributed by atoms with E-state index in [4.69, 9.17) is 16.3 Å². The molecular weight excluding hydrogens is 422 g/mol. The minimum Gasteiger partial charge on any atom is -0.445 e. The van der Waals surface area contributed by atoms with Crippen LogP contribution in [0.5, 0.6) is 0 Å². The van der Waals surface area contributed by atoms with E-state index < -0.39 is 12.1 Å². The van der Waals surface area contributed by atoms with Gasteiger partial charge in [0, 0.05) is 18.1 Å². The number of aromatic nitrogens is 1. The molecule has 1 fully saturated rings. The molecule has 0 saturated carbocycles. The summed E-state index contributed by atoms with van der Waals surface area (Å²) in [6.07, 6.45) is 2.43. The number of benzene rings is 2. The Morgan fingerprint density at radius 1 is 1.17 bits per heavy atom. The molecule has 0 aliphatic carbocycles. The van der Waals surface area contributed by atoms with Crippen LogP contribution in [0.15, 0.2) is 66.2 Å². The Bertz CT molecular complexity index is 1010.